The molecule has 0 aliphatic carbocycles. The van der Waals surface area contributed by atoms with Gasteiger partial charge in [0, 0.05) is 25.2 Å². The number of amides is 2. The van der Waals surface area contributed by atoms with Crippen LogP contribution in [0.2, 0.25) is 0 Å². The van der Waals surface area contributed by atoms with Crippen LogP contribution in [0, 0.1) is 0 Å². The molecule has 2 heterocycles. The van der Waals surface area contributed by atoms with Gasteiger partial charge in [-0.15, -0.1) is 0 Å². The summed E-state index contributed by atoms with van der Waals surface area (Å²) in [7, 11) is 0. The van der Waals surface area contributed by atoms with Crippen LogP contribution in [0.4, 0.5) is 0 Å². The topological polar surface area (TPSA) is 49.9 Å². The van der Waals surface area contributed by atoms with E-state index < -0.39 is 0 Å². The van der Waals surface area contributed by atoms with Gasteiger partial charge in [0.05, 0.1) is 12.0 Å². The van der Waals surface area contributed by atoms with Gasteiger partial charge >= 0.3 is 0 Å². The second-order valence-electron chi connectivity index (χ2n) is 8.53. The van der Waals surface area contributed by atoms with E-state index in [-0.39, 0.29) is 23.8 Å². The molecule has 0 N–H and O–H groups in total. The van der Waals surface area contributed by atoms with E-state index in [1.807, 2.05) is 64.4 Å². The Hall–Kier alpha value is -2.82. The first-order valence-electron chi connectivity index (χ1n) is 11.5. The maximum Gasteiger partial charge on any atom is 0.253 e. The third-order valence-corrected chi connectivity index (χ3v) is 6.51. The van der Waals surface area contributed by atoms with Crippen LogP contribution in [0.3, 0.4) is 0 Å². The molecule has 0 saturated carbocycles. The molecule has 31 heavy (non-hydrogen) atoms. The standard InChI is InChI=1S/C26H32N2O3/c1-2-24(20-9-4-3-5-10-20)26(30)28-18-8-11-22(28)19-31-23-14-12-21(13-15-23)25(29)27-16-6-7-17-27/h3-5,9-10,12-15,22,24H,2,6-8,11,16-19H2,1H3/t22-,24-/m1/s1. The van der Waals surface area contributed by atoms with Crippen molar-refractivity contribution in [3.05, 3.63) is 65.7 Å². The van der Waals surface area contributed by atoms with Crippen molar-refractivity contribution in [2.75, 3.05) is 26.2 Å². The lowest BCUT2D eigenvalue weighted by Gasteiger charge is -2.29. The SMILES string of the molecule is CC[C@@H](C(=O)N1CCC[C@@H]1COc1ccc(C(=O)N2CCCC2)cc1)c1ccccc1. The molecule has 0 radical (unpaired) electrons. The Labute approximate surface area is 185 Å². The highest BCUT2D eigenvalue weighted by molar-refractivity contribution is 5.94. The molecule has 2 aliphatic rings. The first-order chi connectivity index (χ1) is 15.2. The summed E-state index contributed by atoms with van der Waals surface area (Å²) >= 11 is 0. The van der Waals surface area contributed by atoms with Gasteiger partial charge in [0.25, 0.3) is 5.91 Å². The Morgan fingerprint density at radius 1 is 0.968 bits per heavy atom. The summed E-state index contributed by atoms with van der Waals surface area (Å²) in [6.07, 6.45) is 4.94. The molecule has 0 spiro atoms. The molecule has 2 saturated heterocycles. The molecule has 5 nitrogen and oxygen atoms in total. The molecule has 2 aliphatic heterocycles. The molecule has 5 heteroatoms. The van der Waals surface area contributed by atoms with Gasteiger partial charge in [0.2, 0.25) is 5.91 Å². The van der Waals surface area contributed by atoms with E-state index in [4.69, 9.17) is 4.74 Å². The van der Waals surface area contributed by atoms with Crippen LogP contribution >= 0.6 is 0 Å². The highest BCUT2D eigenvalue weighted by Gasteiger charge is 2.33. The van der Waals surface area contributed by atoms with Crippen LogP contribution in [0.5, 0.6) is 5.75 Å². The Morgan fingerprint density at radius 2 is 1.68 bits per heavy atom. The number of likely N-dealkylation sites (tertiary alicyclic amines) is 2. The predicted octanol–water partition coefficient (Wildman–Crippen LogP) is 4.49. The molecule has 164 valence electrons. The number of benzene rings is 2. The van der Waals surface area contributed by atoms with Gasteiger partial charge in [-0.3, -0.25) is 9.59 Å². The second-order valence-corrected chi connectivity index (χ2v) is 8.53. The fourth-order valence-electron chi connectivity index (χ4n) is 4.73. The lowest BCUT2D eigenvalue weighted by Crippen LogP contribution is -2.41. The zero-order chi connectivity index (χ0) is 21.6. The van der Waals surface area contributed by atoms with Crippen LogP contribution < -0.4 is 4.74 Å². The van der Waals surface area contributed by atoms with Gasteiger partial charge in [0.1, 0.15) is 12.4 Å². The number of hydrogen-bond acceptors (Lipinski definition) is 3. The number of carbonyl (C=O) groups is 2. The summed E-state index contributed by atoms with van der Waals surface area (Å²) in [6, 6.07) is 17.6. The zero-order valence-electron chi connectivity index (χ0n) is 18.3. The van der Waals surface area contributed by atoms with E-state index >= 15 is 0 Å². The summed E-state index contributed by atoms with van der Waals surface area (Å²) in [6.45, 7) is 5.05. The monoisotopic (exact) mass is 420 g/mol. The molecule has 0 aromatic heterocycles. The van der Waals surface area contributed by atoms with E-state index in [1.165, 1.54) is 0 Å². The number of rotatable bonds is 7. The van der Waals surface area contributed by atoms with Crippen molar-refractivity contribution in [2.45, 2.75) is 51.0 Å². The Bertz CT molecular complexity index is 875. The fourth-order valence-corrected chi connectivity index (χ4v) is 4.73. The van der Waals surface area contributed by atoms with Crippen molar-refractivity contribution < 1.29 is 14.3 Å². The summed E-state index contributed by atoms with van der Waals surface area (Å²) in [5.41, 5.74) is 1.79. The molecule has 4 rings (SSSR count). The fraction of sp³-hybridized carbons (Fsp3) is 0.462. The minimum absolute atomic E-state index is 0.0937. The van der Waals surface area contributed by atoms with Crippen LogP contribution in [0.1, 0.15) is 60.9 Å². The van der Waals surface area contributed by atoms with E-state index in [9.17, 15) is 9.59 Å². The van der Waals surface area contributed by atoms with Crippen LogP contribution in [-0.2, 0) is 4.79 Å². The first-order valence-corrected chi connectivity index (χ1v) is 11.5. The quantitative estimate of drug-likeness (QED) is 0.663. The zero-order valence-corrected chi connectivity index (χ0v) is 18.3. The summed E-state index contributed by atoms with van der Waals surface area (Å²) in [4.78, 5) is 29.7. The lowest BCUT2D eigenvalue weighted by atomic mass is 9.95. The normalized spacial score (nSPS) is 19.5. The smallest absolute Gasteiger partial charge is 0.253 e. The van der Waals surface area contributed by atoms with E-state index in [0.29, 0.717) is 12.2 Å². The number of ether oxygens (including phenoxy) is 1. The highest BCUT2D eigenvalue weighted by atomic mass is 16.5. The maximum absolute atomic E-state index is 13.3. The molecule has 2 amide bonds. The second kappa shape index (κ2) is 9.99. The van der Waals surface area contributed by atoms with Crippen LogP contribution in [0.25, 0.3) is 0 Å². The molecule has 2 aromatic carbocycles. The molecule has 2 fully saturated rings. The Balaban J connectivity index is 1.35. The van der Waals surface area contributed by atoms with Gasteiger partial charge in [-0.1, -0.05) is 37.3 Å². The molecule has 0 unspecified atom stereocenters. The third-order valence-electron chi connectivity index (χ3n) is 6.51. The van der Waals surface area contributed by atoms with Gasteiger partial charge in [-0.25, -0.2) is 0 Å². The molecular weight excluding hydrogens is 388 g/mol. The number of carbonyl (C=O) groups excluding carboxylic acids is 2. The van der Waals surface area contributed by atoms with Gasteiger partial charge < -0.3 is 14.5 Å². The Kier molecular flexibility index (Phi) is 6.90. The van der Waals surface area contributed by atoms with Gasteiger partial charge in [-0.2, -0.15) is 0 Å². The molecule has 2 aromatic rings. The van der Waals surface area contributed by atoms with Crippen molar-refractivity contribution in [1.29, 1.82) is 0 Å². The van der Waals surface area contributed by atoms with E-state index in [1.54, 1.807) is 0 Å². The van der Waals surface area contributed by atoms with Gasteiger partial charge in [-0.05, 0) is 61.9 Å². The molecular formula is C26H32N2O3. The largest absolute Gasteiger partial charge is 0.491 e. The lowest BCUT2D eigenvalue weighted by molar-refractivity contribution is -0.134. The summed E-state index contributed by atoms with van der Waals surface area (Å²) in [5, 5.41) is 0. The van der Waals surface area contributed by atoms with E-state index in [0.717, 1.165) is 63.1 Å². The minimum Gasteiger partial charge on any atom is -0.491 e. The van der Waals surface area contributed by atoms with Crippen molar-refractivity contribution in [3.63, 3.8) is 0 Å². The van der Waals surface area contributed by atoms with Crippen molar-refractivity contribution in [2.24, 2.45) is 0 Å². The van der Waals surface area contributed by atoms with Crippen LogP contribution in [-0.4, -0.2) is 53.9 Å². The Morgan fingerprint density at radius 3 is 2.35 bits per heavy atom. The minimum atomic E-state index is -0.0994. The molecule has 0 bridgehead atoms. The van der Waals surface area contributed by atoms with Gasteiger partial charge in [0.15, 0.2) is 0 Å². The number of hydrogen-bond donors (Lipinski definition) is 0. The third kappa shape index (κ3) is 4.92. The van der Waals surface area contributed by atoms with Crippen LogP contribution in [0.15, 0.2) is 54.6 Å². The number of nitrogens with zero attached hydrogens (tertiary/aromatic N) is 2. The van der Waals surface area contributed by atoms with Crippen molar-refractivity contribution in [1.82, 2.24) is 9.80 Å². The maximum atomic E-state index is 13.3. The highest BCUT2D eigenvalue weighted by Crippen LogP contribution is 2.28. The average molecular weight is 421 g/mol. The predicted molar refractivity (Wildman–Crippen MR) is 121 cm³/mol. The summed E-state index contributed by atoms with van der Waals surface area (Å²) < 4.78 is 6.03. The van der Waals surface area contributed by atoms with Crippen molar-refractivity contribution in [3.8, 4) is 5.75 Å². The van der Waals surface area contributed by atoms with Crippen molar-refractivity contribution >= 4 is 11.8 Å². The van der Waals surface area contributed by atoms with E-state index in [2.05, 4.69) is 6.92 Å². The first kappa shape index (κ1) is 21.4. The molecule has 2 atom stereocenters. The average Bonchev–Trinajstić information content (AvgIpc) is 3.51. The summed E-state index contributed by atoms with van der Waals surface area (Å²) in [5.74, 6) is 0.944.